The summed E-state index contributed by atoms with van der Waals surface area (Å²) in [5.74, 6) is 0.199. The number of hydrogen-bond donors (Lipinski definition) is 0. The predicted octanol–water partition coefficient (Wildman–Crippen LogP) is 2.15. The highest BCUT2D eigenvalue weighted by Gasteiger charge is 2.06. The zero-order valence-electron chi connectivity index (χ0n) is 7.68. The first-order valence-corrected chi connectivity index (χ1v) is 3.90. The van der Waals surface area contributed by atoms with Gasteiger partial charge in [0.1, 0.15) is 0 Å². The summed E-state index contributed by atoms with van der Waals surface area (Å²) in [5.41, 5.74) is 0.766. The van der Waals surface area contributed by atoms with Crippen molar-refractivity contribution in [3.8, 4) is 0 Å². The van der Waals surface area contributed by atoms with Gasteiger partial charge in [0.2, 0.25) is 0 Å². The Kier molecular flexibility index (Phi) is 4.59. The van der Waals surface area contributed by atoms with E-state index in [2.05, 4.69) is 4.74 Å². The van der Waals surface area contributed by atoms with Gasteiger partial charge in [-0.15, -0.1) is 0 Å². The molecule has 0 rings (SSSR count). The maximum absolute atomic E-state index is 11.0. The van der Waals surface area contributed by atoms with Crippen molar-refractivity contribution < 1.29 is 9.53 Å². The molecular weight excluding hydrogens is 140 g/mol. The summed E-state index contributed by atoms with van der Waals surface area (Å²) in [5, 5.41) is 0. The monoisotopic (exact) mass is 156 g/mol. The van der Waals surface area contributed by atoms with Crippen LogP contribution in [0.3, 0.4) is 0 Å². The third-order valence-electron chi connectivity index (χ3n) is 1.36. The van der Waals surface area contributed by atoms with E-state index in [-0.39, 0.29) is 5.97 Å². The van der Waals surface area contributed by atoms with Crippen LogP contribution in [0.5, 0.6) is 0 Å². The van der Waals surface area contributed by atoms with Crippen LogP contribution in [-0.4, -0.2) is 13.1 Å². The summed E-state index contributed by atoms with van der Waals surface area (Å²) >= 11 is 0. The maximum atomic E-state index is 11.0. The zero-order chi connectivity index (χ0) is 8.85. The van der Waals surface area contributed by atoms with Gasteiger partial charge in [-0.25, -0.2) is 4.79 Å². The van der Waals surface area contributed by atoms with Crippen molar-refractivity contribution >= 4 is 5.97 Å². The van der Waals surface area contributed by atoms with Crippen LogP contribution < -0.4 is 0 Å². The lowest BCUT2D eigenvalue weighted by Gasteiger charge is -2.03. The standard InChI is InChI=1S/C9H16O2/c1-5-8(6-7(2)3)9(10)11-4/h6-7H,5H2,1-4H3. The maximum Gasteiger partial charge on any atom is 0.333 e. The van der Waals surface area contributed by atoms with Crippen LogP contribution in [0.15, 0.2) is 11.6 Å². The lowest BCUT2D eigenvalue weighted by Crippen LogP contribution is -2.04. The van der Waals surface area contributed by atoms with Gasteiger partial charge >= 0.3 is 5.97 Å². The summed E-state index contributed by atoms with van der Waals surface area (Å²) in [7, 11) is 1.41. The van der Waals surface area contributed by atoms with Gasteiger partial charge in [-0.1, -0.05) is 26.8 Å². The predicted molar refractivity (Wildman–Crippen MR) is 45.2 cm³/mol. The first kappa shape index (κ1) is 10.2. The van der Waals surface area contributed by atoms with Gasteiger partial charge in [-0.05, 0) is 12.3 Å². The molecule has 2 nitrogen and oxygen atoms in total. The van der Waals surface area contributed by atoms with E-state index in [1.54, 1.807) is 0 Å². The highest BCUT2D eigenvalue weighted by atomic mass is 16.5. The van der Waals surface area contributed by atoms with Gasteiger partial charge in [-0.2, -0.15) is 0 Å². The van der Waals surface area contributed by atoms with Gasteiger partial charge < -0.3 is 4.74 Å². The number of methoxy groups -OCH3 is 1. The van der Waals surface area contributed by atoms with Gasteiger partial charge in [0.15, 0.2) is 0 Å². The van der Waals surface area contributed by atoms with E-state index in [0.717, 1.165) is 12.0 Å². The first-order valence-electron chi connectivity index (χ1n) is 3.90. The minimum absolute atomic E-state index is 0.207. The molecule has 0 spiro atoms. The molecule has 0 saturated carbocycles. The summed E-state index contributed by atoms with van der Waals surface area (Å²) in [6, 6.07) is 0. The average Bonchev–Trinajstić information content (AvgIpc) is 1.98. The highest BCUT2D eigenvalue weighted by molar-refractivity contribution is 5.88. The molecule has 0 unspecified atom stereocenters. The van der Waals surface area contributed by atoms with E-state index in [0.29, 0.717) is 5.92 Å². The first-order chi connectivity index (χ1) is 5.11. The van der Waals surface area contributed by atoms with Crippen LogP contribution in [0, 0.1) is 5.92 Å². The van der Waals surface area contributed by atoms with E-state index in [1.165, 1.54) is 7.11 Å². The number of carbonyl (C=O) groups excluding carboxylic acids is 1. The third kappa shape index (κ3) is 3.81. The van der Waals surface area contributed by atoms with E-state index in [4.69, 9.17) is 0 Å². The van der Waals surface area contributed by atoms with Gasteiger partial charge in [-0.3, -0.25) is 0 Å². The molecule has 2 heteroatoms. The van der Waals surface area contributed by atoms with Crippen LogP contribution in [0.4, 0.5) is 0 Å². The molecule has 0 aliphatic heterocycles. The molecule has 0 aliphatic rings. The van der Waals surface area contributed by atoms with Gasteiger partial charge in [0, 0.05) is 5.57 Å². The number of ether oxygens (including phenoxy) is 1. The highest BCUT2D eigenvalue weighted by Crippen LogP contribution is 2.07. The third-order valence-corrected chi connectivity index (χ3v) is 1.36. The Hall–Kier alpha value is -0.790. The lowest BCUT2D eigenvalue weighted by atomic mass is 10.1. The SMILES string of the molecule is CCC(=CC(C)C)C(=O)OC. The minimum Gasteiger partial charge on any atom is -0.466 e. The van der Waals surface area contributed by atoms with Crippen molar-refractivity contribution in [2.24, 2.45) is 5.92 Å². The minimum atomic E-state index is -0.207. The van der Waals surface area contributed by atoms with Crippen molar-refractivity contribution in [2.75, 3.05) is 7.11 Å². The second kappa shape index (κ2) is 4.94. The molecule has 0 atom stereocenters. The fraction of sp³-hybridized carbons (Fsp3) is 0.667. The smallest absolute Gasteiger partial charge is 0.333 e. The van der Waals surface area contributed by atoms with Crippen LogP contribution in [-0.2, 0) is 9.53 Å². The summed E-state index contributed by atoms with van der Waals surface area (Å²) < 4.78 is 4.60. The summed E-state index contributed by atoms with van der Waals surface area (Å²) in [4.78, 5) is 11.0. The number of carbonyl (C=O) groups is 1. The largest absolute Gasteiger partial charge is 0.466 e. The Balaban J connectivity index is 4.27. The van der Waals surface area contributed by atoms with Crippen LogP contribution in [0.2, 0.25) is 0 Å². The number of rotatable bonds is 3. The summed E-state index contributed by atoms with van der Waals surface area (Å²) in [6.45, 7) is 6.03. The molecule has 0 bridgehead atoms. The Labute approximate surface area is 68.2 Å². The fourth-order valence-electron chi connectivity index (χ4n) is 0.864. The van der Waals surface area contributed by atoms with Crippen molar-refractivity contribution in [3.05, 3.63) is 11.6 Å². The molecule has 0 amide bonds. The molecule has 0 fully saturated rings. The Morgan fingerprint density at radius 2 is 2.09 bits per heavy atom. The quantitative estimate of drug-likeness (QED) is 0.462. The molecule has 0 N–H and O–H groups in total. The Morgan fingerprint density at radius 3 is 2.36 bits per heavy atom. The second-order valence-electron chi connectivity index (χ2n) is 2.78. The Morgan fingerprint density at radius 1 is 1.55 bits per heavy atom. The molecule has 64 valence electrons. The zero-order valence-corrected chi connectivity index (χ0v) is 7.68. The van der Waals surface area contributed by atoms with Gasteiger partial charge in [0.05, 0.1) is 7.11 Å². The molecule has 0 aromatic heterocycles. The molecule has 11 heavy (non-hydrogen) atoms. The normalized spacial score (nSPS) is 11.9. The molecule has 0 radical (unpaired) electrons. The summed E-state index contributed by atoms with van der Waals surface area (Å²) in [6.07, 6.45) is 2.68. The van der Waals surface area contributed by atoms with Gasteiger partial charge in [0.25, 0.3) is 0 Å². The lowest BCUT2D eigenvalue weighted by molar-refractivity contribution is -0.136. The number of allylic oxidation sites excluding steroid dienone is 1. The molecule has 0 aliphatic carbocycles. The van der Waals surface area contributed by atoms with Crippen molar-refractivity contribution in [3.63, 3.8) is 0 Å². The molecule has 0 aromatic rings. The fourth-order valence-corrected chi connectivity index (χ4v) is 0.864. The average molecular weight is 156 g/mol. The van der Waals surface area contributed by atoms with E-state index in [1.807, 2.05) is 26.8 Å². The number of esters is 1. The van der Waals surface area contributed by atoms with Crippen molar-refractivity contribution in [1.82, 2.24) is 0 Å². The number of hydrogen-bond acceptors (Lipinski definition) is 2. The van der Waals surface area contributed by atoms with Crippen molar-refractivity contribution in [1.29, 1.82) is 0 Å². The van der Waals surface area contributed by atoms with E-state index >= 15 is 0 Å². The molecule has 0 saturated heterocycles. The molecule has 0 aromatic carbocycles. The van der Waals surface area contributed by atoms with E-state index < -0.39 is 0 Å². The van der Waals surface area contributed by atoms with Crippen LogP contribution in [0.1, 0.15) is 27.2 Å². The second-order valence-corrected chi connectivity index (χ2v) is 2.78. The van der Waals surface area contributed by atoms with Crippen LogP contribution in [0.25, 0.3) is 0 Å². The molecular formula is C9H16O2. The topological polar surface area (TPSA) is 26.3 Å². The molecule has 0 heterocycles. The Bertz CT molecular complexity index is 157. The van der Waals surface area contributed by atoms with Crippen molar-refractivity contribution in [2.45, 2.75) is 27.2 Å². The van der Waals surface area contributed by atoms with E-state index in [9.17, 15) is 4.79 Å². The van der Waals surface area contributed by atoms with Crippen LogP contribution >= 0.6 is 0 Å².